The van der Waals surface area contributed by atoms with Crippen molar-refractivity contribution in [3.05, 3.63) is 71.8 Å². The van der Waals surface area contributed by atoms with Gasteiger partial charge in [0.05, 0.1) is 0 Å². The van der Waals surface area contributed by atoms with Gasteiger partial charge in [-0.3, -0.25) is 9.59 Å². The Morgan fingerprint density at radius 3 is 2.00 bits per heavy atom. The van der Waals surface area contributed by atoms with E-state index in [-0.39, 0.29) is 12.3 Å². The first kappa shape index (κ1) is 17.2. The number of carbonyl (C=O) groups excluding carboxylic acids is 2. The predicted octanol–water partition coefficient (Wildman–Crippen LogP) is 1.46. The smallest absolute Gasteiger partial charge is 0.276 e. The van der Waals surface area contributed by atoms with Crippen LogP contribution in [-0.4, -0.2) is 52.6 Å². The fourth-order valence-corrected chi connectivity index (χ4v) is 3.28. The lowest BCUT2D eigenvalue weighted by Crippen LogP contribution is -2.70. The zero-order chi connectivity index (χ0) is 18.0. The van der Waals surface area contributed by atoms with Gasteiger partial charge in [0.2, 0.25) is 11.6 Å². The number of aliphatic hydroxyl groups is 1. The van der Waals surface area contributed by atoms with Gasteiger partial charge in [0, 0.05) is 26.9 Å². The first-order valence-corrected chi connectivity index (χ1v) is 8.28. The maximum Gasteiger partial charge on any atom is 0.276 e. The van der Waals surface area contributed by atoms with E-state index in [2.05, 4.69) is 0 Å². The summed E-state index contributed by atoms with van der Waals surface area (Å²) in [6, 6.07) is 18.2. The van der Waals surface area contributed by atoms with E-state index < -0.39 is 17.7 Å². The van der Waals surface area contributed by atoms with Crippen molar-refractivity contribution in [3.63, 3.8) is 0 Å². The normalized spacial score (nSPS) is 23.9. The van der Waals surface area contributed by atoms with E-state index >= 15 is 0 Å². The molecule has 25 heavy (non-hydrogen) atoms. The largest absolute Gasteiger partial charge is 0.363 e. The molecule has 2 aromatic rings. The van der Waals surface area contributed by atoms with Gasteiger partial charge >= 0.3 is 0 Å². The van der Waals surface area contributed by atoms with Crippen LogP contribution in [-0.2, 0) is 22.4 Å². The van der Waals surface area contributed by atoms with Crippen LogP contribution in [0.5, 0.6) is 0 Å². The molecule has 0 spiro atoms. The number of hydrogen-bond acceptors (Lipinski definition) is 3. The molecule has 0 aromatic heterocycles. The lowest BCUT2D eigenvalue weighted by molar-refractivity contribution is -0.194. The maximum atomic E-state index is 12.9. The minimum Gasteiger partial charge on any atom is -0.363 e. The molecule has 2 atom stereocenters. The number of carbonyl (C=O) groups is 2. The number of benzene rings is 2. The van der Waals surface area contributed by atoms with E-state index in [4.69, 9.17) is 0 Å². The average Bonchev–Trinajstić information content (AvgIpc) is 2.64. The quantitative estimate of drug-likeness (QED) is 0.918. The van der Waals surface area contributed by atoms with E-state index in [0.29, 0.717) is 6.42 Å². The highest BCUT2D eigenvalue weighted by atomic mass is 16.3. The van der Waals surface area contributed by atoms with Gasteiger partial charge in [0.15, 0.2) is 0 Å². The van der Waals surface area contributed by atoms with Gasteiger partial charge in [-0.2, -0.15) is 0 Å². The molecule has 1 N–H and O–H groups in total. The summed E-state index contributed by atoms with van der Waals surface area (Å²) in [4.78, 5) is 28.3. The third-order valence-electron chi connectivity index (χ3n) is 4.87. The van der Waals surface area contributed by atoms with Gasteiger partial charge in [-0.15, -0.1) is 0 Å². The van der Waals surface area contributed by atoms with Crippen molar-refractivity contribution in [2.75, 3.05) is 14.1 Å². The highest BCUT2D eigenvalue weighted by molar-refractivity contribution is 5.98. The molecular weight excluding hydrogens is 316 g/mol. The summed E-state index contributed by atoms with van der Waals surface area (Å²) in [6.07, 6.45) is 0.491. The summed E-state index contributed by atoms with van der Waals surface area (Å²) < 4.78 is 0. The Bertz CT molecular complexity index is 763. The van der Waals surface area contributed by atoms with Crippen LogP contribution < -0.4 is 0 Å². The summed E-state index contributed by atoms with van der Waals surface area (Å²) in [7, 11) is 3.07. The monoisotopic (exact) mass is 338 g/mol. The van der Waals surface area contributed by atoms with E-state index in [0.717, 1.165) is 11.1 Å². The molecule has 3 rings (SSSR count). The Labute approximate surface area is 147 Å². The topological polar surface area (TPSA) is 60.9 Å². The molecule has 0 bridgehead atoms. The van der Waals surface area contributed by atoms with Gasteiger partial charge in [-0.25, -0.2) is 0 Å². The summed E-state index contributed by atoms with van der Waals surface area (Å²) >= 11 is 0. The molecule has 1 aliphatic rings. The van der Waals surface area contributed by atoms with Crippen molar-refractivity contribution in [3.8, 4) is 0 Å². The van der Waals surface area contributed by atoms with E-state index in [9.17, 15) is 14.7 Å². The number of hydrogen-bond donors (Lipinski definition) is 1. The number of amides is 2. The molecule has 2 aromatic carbocycles. The fourth-order valence-electron chi connectivity index (χ4n) is 3.28. The van der Waals surface area contributed by atoms with Crippen LogP contribution in [0.2, 0.25) is 0 Å². The van der Waals surface area contributed by atoms with Gasteiger partial charge in [0.1, 0.15) is 6.04 Å². The van der Waals surface area contributed by atoms with Crippen LogP contribution in [0.1, 0.15) is 11.1 Å². The first-order valence-electron chi connectivity index (χ1n) is 8.28. The summed E-state index contributed by atoms with van der Waals surface area (Å²) in [6.45, 7) is 0. The summed E-state index contributed by atoms with van der Waals surface area (Å²) in [5, 5.41) is 11.0. The number of rotatable bonds is 4. The van der Waals surface area contributed by atoms with Crippen LogP contribution in [0.4, 0.5) is 0 Å². The van der Waals surface area contributed by atoms with Crippen molar-refractivity contribution in [2.45, 2.75) is 24.6 Å². The maximum absolute atomic E-state index is 12.9. The highest BCUT2D eigenvalue weighted by Gasteiger charge is 2.52. The highest BCUT2D eigenvalue weighted by Crippen LogP contribution is 2.28. The molecule has 5 heteroatoms. The third kappa shape index (κ3) is 3.15. The third-order valence-corrected chi connectivity index (χ3v) is 4.87. The van der Waals surface area contributed by atoms with Gasteiger partial charge in [-0.05, 0) is 11.1 Å². The molecule has 5 nitrogen and oxygen atoms in total. The second kappa shape index (κ2) is 6.69. The Kier molecular flexibility index (Phi) is 4.59. The molecule has 1 heterocycles. The second-order valence-electron chi connectivity index (χ2n) is 6.50. The molecule has 0 unspecified atom stereocenters. The second-order valence-corrected chi connectivity index (χ2v) is 6.50. The molecule has 0 radical (unpaired) electrons. The fraction of sp³-hybridized carbons (Fsp3) is 0.300. The lowest BCUT2D eigenvalue weighted by atomic mass is 9.93. The zero-order valence-corrected chi connectivity index (χ0v) is 14.4. The first-order chi connectivity index (χ1) is 11.9. The Hall–Kier alpha value is -2.66. The zero-order valence-electron chi connectivity index (χ0n) is 14.4. The lowest BCUT2D eigenvalue weighted by Gasteiger charge is -2.47. The molecule has 1 aliphatic heterocycles. The van der Waals surface area contributed by atoms with Crippen LogP contribution in [0.15, 0.2) is 60.7 Å². The van der Waals surface area contributed by atoms with Crippen molar-refractivity contribution >= 4 is 11.8 Å². The van der Waals surface area contributed by atoms with E-state index in [1.807, 2.05) is 60.7 Å². The standard InChI is InChI=1S/C20H22N2O3/c1-21-17(13-15-9-5-3-6-10-15)18(23)22(2)20(25,19(21)24)14-16-11-7-4-8-12-16/h3-12,17,25H,13-14H2,1-2H3/t17-,20+/m1/s1. The number of piperazine rings is 1. The van der Waals surface area contributed by atoms with Gasteiger partial charge < -0.3 is 14.9 Å². The van der Waals surface area contributed by atoms with Crippen LogP contribution in [0, 0.1) is 0 Å². The SMILES string of the molecule is CN1C(=O)[C@@](O)(Cc2ccccc2)N(C)C(=O)[C@H]1Cc1ccccc1. The van der Waals surface area contributed by atoms with Crippen molar-refractivity contribution in [1.82, 2.24) is 9.80 Å². The summed E-state index contributed by atoms with van der Waals surface area (Å²) in [5.74, 6) is -0.719. The Morgan fingerprint density at radius 2 is 1.44 bits per heavy atom. The molecule has 1 fully saturated rings. The van der Waals surface area contributed by atoms with Gasteiger partial charge in [0.25, 0.3) is 5.91 Å². The molecule has 0 aliphatic carbocycles. The minimum absolute atomic E-state index is 0.0668. The molecule has 130 valence electrons. The minimum atomic E-state index is -1.86. The average molecular weight is 338 g/mol. The molecule has 2 amide bonds. The Morgan fingerprint density at radius 1 is 0.920 bits per heavy atom. The van der Waals surface area contributed by atoms with Crippen molar-refractivity contribution < 1.29 is 14.7 Å². The summed E-state index contributed by atoms with van der Waals surface area (Å²) in [5.41, 5.74) is -0.0873. The van der Waals surface area contributed by atoms with E-state index in [1.54, 1.807) is 7.05 Å². The predicted molar refractivity (Wildman–Crippen MR) is 94.6 cm³/mol. The van der Waals surface area contributed by atoms with E-state index in [1.165, 1.54) is 16.8 Å². The number of likely N-dealkylation sites (N-methyl/N-ethyl adjacent to an activating group) is 2. The number of nitrogens with zero attached hydrogens (tertiary/aromatic N) is 2. The molecule has 1 saturated heterocycles. The Balaban J connectivity index is 1.86. The van der Waals surface area contributed by atoms with Crippen LogP contribution in [0.25, 0.3) is 0 Å². The van der Waals surface area contributed by atoms with Gasteiger partial charge in [-0.1, -0.05) is 60.7 Å². The van der Waals surface area contributed by atoms with Crippen LogP contribution in [0.3, 0.4) is 0 Å². The van der Waals surface area contributed by atoms with Crippen molar-refractivity contribution in [1.29, 1.82) is 0 Å². The molecular formula is C20H22N2O3. The molecule has 0 saturated carbocycles. The van der Waals surface area contributed by atoms with Crippen molar-refractivity contribution in [2.24, 2.45) is 0 Å². The van der Waals surface area contributed by atoms with Crippen LogP contribution >= 0.6 is 0 Å².